The van der Waals surface area contributed by atoms with E-state index in [-0.39, 0.29) is 18.3 Å². The molecule has 2 nitrogen and oxygen atoms in total. The Bertz CT molecular complexity index is 177. The van der Waals surface area contributed by atoms with E-state index in [2.05, 4.69) is 11.8 Å². The van der Waals surface area contributed by atoms with Gasteiger partial charge in [-0.3, -0.25) is 0 Å². The third-order valence-corrected chi connectivity index (χ3v) is 1.62. The van der Waals surface area contributed by atoms with Gasteiger partial charge < -0.3 is 9.84 Å². The van der Waals surface area contributed by atoms with Crippen molar-refractivity contribution in [2.24, 2.45) is 0 Å². The summed E-state index contributed by atoms with van der Waals surface area (Å²) in [5.41, 5.74) is -0.342. The molecule has 0 radical (unpaired) electrons. The Kier molecular flexibility index (Phi) is 1.98. The number of aliphatic hydroxyl groups excluding tert-OH is 1. The summed E-state index contributed by atoms with van der Waals surface area (Å²) in [5, 5.41) is 8.65. The molecule has 1 fully saturated rings. The van der Waals surface area contributed by atoms with E-state index in [1.165, 1.54) is 0 Å². The van der Waals surface area contributed by atoms with Gasteiger partial charge in [0.05, 0.1) is 6.61 Å². The highest BCUT2D eigenvalue weighted by Crippen LogP contribution is 2.34. The molecule has 0 aromatic carbocycles. The normalized spacial score (nSPS) is 36.5. The first-order valence-corrected chi connectivity index (χ1v) is 3.51. The number of epoxide rings is 1. The minimum absolute atomic E-state index is 0.0495. The molecule has 1 heterocycles. The molecule has 0 aromatic rings. The Labute approximate surface area is 61.2 Å². The van der Waals surface area contributed by atoms with Crippen molar-refractivity contribution in [2.45, 2.75) is 32.0 Å². The van der Waals surface area contributed by atoms with Crippen LogP contribution >= 0.6 is 0 Å². The summed E-state index contributed by atoms with van der Waals surface area (Å²) in [6.45, 7) is 3.97. The summed E-state index contributed by atoms with van der Waals surface area (Å²) in [4.78, 5) is 0. The Hall–Kier alpha value is -0.520. The first kappa shape index (κ1) is 7.59. The Morgan fingerprint density at radius 1 is 1.70 bits per heavy atom. The summed E-state index contributed by atoms with van der Waals surface area (Å²) >= 11 is 0. The molecule has 1 rings (SSSR count). The maximum absolute atomic E-state index is 8.65. The van der Waals surface area contributed by atoms with Crippen LogP contribution in [0.15, 0.2) is 0 Å². The molecule has 56 valence electrons. The molecule has 0 amide bonds. The molecular weight excluding hydrogens is 128 g/mol. The summed E-state index contributed by atoms with van der Waals surface area (Å²) in [6.07, 6.45) is 0.795. The van der Waals surface area contributed by atoms with Crippen LogP contribution in [0.5, 0.6) is 0 Å². The molecule has 1 saturated heterocycles. The number of aliphatic hydroxyl groups is 1. The topological polar surface area (TPSA) is 32.8 Å². The lowest BCUT2D eigenvalue weighted by Crippen LogP contribution is -2.09. The lowest BCUT2D eigenvalue weighted by Gasteiger charge is -1.89. The Balaban J connectivity index is 2.43. The smallest absolute Gasteiger partial charge is 0.154 e. The van der Waals surface area contributed by atoms with Crippen LogP contribution in [0.3, 0.4) is 0 Å². The average molecular weight is 140 g/mol. The quantitative estimate of drug-likeness (QED) is 0.426. The SMILES string of the molecule is CCC#C[C@@]1(C)O[C@@H]1CO. The van der Waals surface area contributed by atoms with Crippen LogP contribution in [0, 0.1) is 11.8 Å². The molecule has 1 N–H and O–H groups in total. The molecule has 1 aliphatic rings. The Morgan fingerprint density at radius 3 is 2.80 bits per heavy atom. The van der Waals surface area contributed by atoms with Crippen LogP contribution in [-0.4, -0.2) is 23.4 Å². The number of hydrogen-bond acceptors (Lipinski definition) is 2. The van der Waals surface area contributed by atoms with Gasteiger partial charge in [-0.1, -0.05) is 12.8 Å². The maximum Gasteiger partial charge on any atom is 0.154 e. The summed E-state index contributed by atoms with van der Waals surface area (Å²) in [7, 11) is 0. The zero-order chi connectivity index (χ0) is 7.61. The zero-order valence-electron chi connectivity index (χ0n) is 6.35. The van der Waals surface area contributed by atoms with Crippen molar-refractivity contribution in [2.75, 3.05) is 6.61 Å². The number of hydrogen-bond donors (Lipinski definition) is 1. The highest BCUT2D eigenvalue weighted by Gasteiger charge is 2.50. The van der Waals surface area contributed by atoms with Gasteiger partial charge in [0.15, 0.2) is 5.60 Å². The van der Waals surface area contributed by atoms with E-state index in [0.717, 1.165) is 6.42 Å². The monoisotopic (exact) mass is 140 g/mol. The molecule has 0 aromatic heterocycles. The van der Waals surface area contributed by atoms with Crippen LogP contribution in [0.4, 0.5) is 0 Å². The van der Waals surface area contributed by atoms with Crippen molar-refractivity contribution < 1.29 is 9.84 Å². The van der Waals surface area contributed by atoms with Crippen LogP contribution in [-0.2, 0) is 4.74 Å². The van der Waals surface area contributed by atoms with Gasteiger partial charge in [0, 0.05) is 6.42 Å². The van der Waals surface area contributed by atoms with Crippen LogP contribution in [0.2, 0.25) is 0 Å². The van der Waals surface area contributed by atoms with Crippen LogP contribution in [0.1, 0.15) is 20.3 Å². The molecule has 0 unspecified atom stereocenters. The second kappa shape index (κ2) is 2.61. The van der Waals surface area contributed by atoms with E-state index in [1.54, 1.807) is 0 Å². The first-order valence-electron chi connectivity index (χ1n) is 3.51. The van der Waals surface area contributed by atoms with E-state index in [4.69, 9.17) is 9.84 Å². The molecule has 2 heteroatoms. The molecule has 0 saturated carbocycles. The van der Waals surface area contributed by atoms with E-state index in [1.807, 2.05) is 13.8 Å². The fourth-order valence-corrected chi connectivity index (χ4v) is 0.847. The zero-order valence-corrected chi connectivity index (χ0v) is 6.35. The van der Waals surface area contributed by atoms with E-state index >= 15 is 0 Å². The Morgan fingerprint density at radius 2 is 2.40 bits per heavy atom. The predicted octanol–water partition coefficient (Wildman–Crippen LogP) is 0.550. The largest absolute Gasteiger partial charge is 0.394 e. The van der Waals surface area contributed by atoms with Crippen molar-refractivity contribution in [1.82, 2.24) is 0 Å². The number of rotatable bonds is 1. The van der Waals surface area contributed by atoms with Gasteiger partial charge in [-0.25, -0.2) is 0 Å². The molecule has 0 bridgehead atoms. The van der Waals surface area contributed by atoms with Crippen molar-refractivity contribution in [3.05, 3.63) is 0 Å². The minimum Gasteiger partial charge on any atom is -0.394 e. The second-order valence-corrected chi connectivity index (χ2v) is 2.55. The van der Waals surface area contributed by atoms with Gasteiger partial charge in [0.1, 0.15) is 6.10 Å². The molecule has 0 aliphatic carbocycles. The average Bonchev–Trinajstić information content (AvgIpc) is 2.59. The van der Waals surface area contributed by atoms with E-state index in [9.17, 15) is 0 Å². The third kappa shape index (κ3) is 1.31. The van der Waals surface area contributed by atoms with E-state index in [0.29, 0.717) is 0 Å². The van der Waals surface area contributed by atoms with Gasteiger partial charge in [-0.15, -0.1) is 5.92 Å². The van der Waals surface area contributed by atoms with Crippen molar-refractivity contribution in [3.8, 4) is 11.8 Å². The third-order valence-electron chi connectivity index (χ3n) is 1.62. The van der Waals surface area contributed by atoms with E-state index < -0.39 is 0 Å². The van der Waals surface area contributed by atoms with Crippen LogP contribution in [0.25, 0.3) is 0 Å². The molecular formula is C8H12O2. The van der Waals surface area contributed by atoms with Crippen molar-refractivity contribution in [1.29, 1.82) is 0 Å². The lowest BCUT2D eigenvalue weighted by atomic mass is 10.1. The standard InChI is InChI=1S/C8H12O2/c1-3-4-5-8(2)7(6-9)10-8/h7,9H,3,6H2,1-2H3/t7-,8-/m1/s1. The highest BCUT2D eigenvalue weighted by atomic mass is 16.6. The second-order valence-electron chi connectivity index (χ2n) is 2.55. The minimum atomic E-state index is -0.342. The van der Waals surface area contributed by atoms with Gasteiger partial charge in [0.25, 0.3) is 0 Å². The van der Waals surface area contributed by atoms with Gasteiger partial charge >= 0.3 is 0 Å². The van der Waals surface area contributed by atoms with Crippen molar-refractivity contribution >= 4 is 0 Å². The summed E-state index contributed by atoms with van der Waals surface area (Å²) < 4.78 is 5.13. The van der Waals surface area contributed by atoms with Gasteiger partial charge in [0.2, 0.25) is 0 Å². The predicted molar refractivity (Wildman–Crippen MR) is 38.4 cm³/mol. The number of ether oxygens (including phenoxy) is 1. The molecule has 1 aliphatic heterocycles. The summed E-state index contributed by atoms with van der Waals surface area (Å²) in [5.74, 6) is 5.88. The molecule has 10 heavy (non-hydrogen) atoms. The maximum atomic E-state index is 8.65. The van der Waals surface area contributed by atoms with Crippen LogP contribution < -0.4 is 0 Å². The molecule has 0 spiro atoms. The first-order chi connectivity index (χ1) is 4.73. The molecule has 2 atom stereocenters. The van der Waals surface area contributed by atoms with Gasteiger partial charge in [-0.2, -0.15) is 0 Å². The fourth-order valence-electron chi connectivity index (χ4n) is 0.847. The fraction of sp³-hybridized carbons (Fsp3) is 0.750. The van der Waals surface area contributed by atoms with Gasteiger partial charge in [-0.05, 0) is 6.92 Å². The lowest BCUT2D eigenvalue weighted by molar-refractivity contribution is 0.240. The highest BCUT2D eigenvalue weighted by molar-refractivity contribution is 5.23. The summed E-state index contributed by atoms with van der Waals surface area (Å²) in [6, 6.07) is 0. The van der Waals surface area contributed by atoms with Crippen molar-refractivity contribution in [3.63, 3.8) is 0 Å².